The van der Waals surface area contributed by atoms with Crippen molar-refractivity contribution in [3.05, 3.63) is 57.0 Å². The maximum atomic E-state index is 10.6. The largest absolute Gasteiger partial charge is 0.384 e. The molecule has 2 aromatic rings. The molecule has 1 N–H and O–H groups in total. The van der Waals surface area contributed by atoms with Crippen molar-refractivity contribution in [1.82, 2.24) is 9.97 Å². The summed E-state index contributed by atoms with van der Waals surface area (Å²) in [6.07, 6.45) is 7.53. The maximum Gasteiger partial charge on any atom is 0.265 e. The molecule has 0 fully saturated rings. The molecule has 0 saturated heterocycles. The molecule has 2 rings (SSSR count). The lowest BCUT2D eigenvalue weighted by Crippen LogP contribution is -2.02. The Morgan fingerprint density at radius 3 is 1.92 bits per heavy atom. The summed E-state index contributed by atoms with van der Waals surface area (Å²) >= 11 is 6.51. The highest BCUT2D eigenvalue weighted by atomic mass is 79.9. The number of aliphatic hydroxyl groups excluding tert-OH is 1. The molecule has 0 aliphatic rings. The van der Waals surface area contributed by atoms with E-state index in [-0.39, 0.29) is 13.2 Å². The van der Waals surface area contributed by atoms with Crippen LogP contribution in [0.25, 0.3) is 0 Å². The smallest absolute Gasteiger partial charge is 0.265 e. The monoisotopic (exact) mass is 500 g/mol. The first-order valence-electron chi connectivity index (χ1n) is 6.94. The Morgan fingerprint density at radius 2 is 1.50 bits per heavy atom. The predicted octanol–water partition coefficient (Wildman–Crippen LogP) is 2.36. The van der Waals surface area contributed by atoms with Crippen LogP contribution in [-0.2, 0) is 14.3 Å². The molecule has 0 aliphatic carbocycles. The Morgan fingerprint density at radius 1 is 1.00 bits per heavy atom. The third kappa shape index (κ3) is 11.0. The molecule has 0 unspecified atom stereocenters. The molecule has 0 spiro atoms. The van der Waals surface area contributed by atoms with Gasteiger partial charge in [-0.1, -0.05) is 23.7 Å². The van der Waals surface area contributed by atoms with Crippen LogP contribution in [0.3, 0.4) is 0 Å². The number of hydrogen-bond acceptors (Lipinski definition) is 6. The van der Waals surface area contributed by atoms with Crippen molar-refractivity contribution in [3.8, 4) is 23.7 Å². The van der Waals surface area contributed by atoms with Crippen LogP contribution >= 0.6 is 31.9 Å². The zero-order valence-electron chi connectivity index (χ0n) is 13.6. The molecule has 9 heteroatoms. The van der Waals surface area contributed by atoms with Crippen LogP contribution in [0, 0.1) is 23.7 Å². The van der Waals surface area contributed by atoms with Crippen LogP contribution in [0.5, 0.6) is 0 Å². The standard InChI is InChI=1S/C9H8BrNO3S.C8H6BrNO/c1-15(12,13)14-4-2-3-8-5-9(10)7-11-6-8;9-8-4-7(2-1-3-11)5-10-6-8/h5-7H,4H2,1H3;4-6,11H,3H2. The summed E-state index contributed by atoms with van der Waals surface area (Å²) < 4.78 is 27.3. The summed E-state index contributed by atoms with van der Waals surface area (Å²) in [5.74, 6) is 10.6. The number of nitrogens with zero attached hydrogens (tertiary/aromatic N) is 2. The summed E-state index contributed by atoms with van der Waals surface area (Å²) in [6, 6.07) is 3.62. The van der Waals surface area contributed by atoms with Crippen LogP contribution in [0.2, 0.25) is 0 Å². The molecule has 0 radical (unpaired) electrons. The minimum Gasteiger partial charge on any atom is -0.384 e. The second kappa shape index (κ2) is 11.8. The van der Waals surface area contributed by atoms with Gasteiger partial charge in [-0.05, 0) is 44.0 Å². The van der Waals surface area contributed by atoms with E-state index in [2.05, 4.69) is 69.7 Å². The first kappa shape index (κ1) is 22.3. The first-order valence-corrected chi connectivity index (χ1v) is 10.3. The van der Waals surface area contributed by atoms with Gasteiger partial charge in [-0.15, -0.1) is 0 Å². The second-order valence-corrected chi connectivity index (χ2v) is 7.99. The number of rotatable bonds is 2. The van der Waals surface area contributed by atoms with Crippen LogP contribution in [-0.4, -0.2) is 43.0 Å². The molecular formula is C17H14Br2N2O4S. The molecular weight excluding hydrogens is 488 g/mol. The zero-order chi connectivity index (χ0) is 19.4. The Hall–Kier alpha value is -1.75. The van der Waals surface area contributed by atoms with Gasteiger partial charge in [0, 0.05) is 44.9 Å². The van der Waals surface area contributed by atoms with Gasteiger partial charge in [0.25, 0.3) is 10.1 Å². The van der Waals surface area contributed by atoms with E-state index in [4.69, 9.17) is 5.11 Å². The van der Waals surface area contributed by atoms with Crippen LogP contribution in [0.15, 0.2) is 45.9 Å². The van der Waals surface area contributed by atoms with Crippen LogP contribution in [0.4, 0.5) is 0 Å². The van der Waals surface area contributed by atoms with Gasteiger partial charge in [-0.2, -0.15) is 8.42 Å². The van der Waals surface area contributed by atoms with Gasteiger partial charge in [-0.3, -0.25) is 14.2 Å². The number of hydrogen-bond donors (Lipinski definition) is 1. The predicted molar refractivity (Wildman–Crippen MR) is 106 cm³/mol. The molecule has 0 saturated carbocycles. The van der Waals surface area contributed by atoms with E-state index in [1.54, 1.807) is 30.9 Å². The summed E-state index contributed by atoms with van der Waals surface area (Å²) in [7, 11) is -3.41. The summed E-state index contributed by atoms with van der Waals surface area (Å²) in [5, 5.41) is 8.39. The third-order valence-corrected chi connectivity index (χ3v) is 3.71. The summed E-state index contributed by atoms with van der Waals surface area (Å²) in [5.41, 5.74) is 1.50. The van der Waals surface area contributed by atoms with E-state index in [9.17, 15) is 8.42 Å². The lowest BCUT2D eigenvalue weighted by atomic mass is 10.3. The molecule has 136 valence electrons. The Kier molecular flexibility index (Phi) is 10.1. The Labute approximate surface area is 169 Å². The molecule has 0 amide bonds. The fourth-order valence-corrected chi connectivity index (χ4v) is 2.38. The van der Waals surface area contributed by atoms with E-state index in [0.29, 0.717) is 5.56 Å². The molecule has 6 nitrogen and oxygen atoms in total. The normalized spacial score (nSPS) is 9.69. The van der Waals surface area contributed by atoms with E-state index in [1.807, 2.05) is 6.07 Å². The van der Waals surface area contributed by atoms with Gasteiger partial charge in [0.1, 0.15) is 13.2 Å². The number of aliphatic hydroxyl groups is 1. The maximum absolute atomic E-state index is 10.6. The van der Waals surface area contributed by atoms with Gasteiger partial charge in [0.05, 0.1) is 6.26 Å². The van der Waals surface area contributed by atoms with Crippen LogP contribution < -0.4 is 0 Å². The van der Waals surface area contributed by atoms with E-state index in [0.717, 1.165) is 20.8 Å². The van der Waals surface area contributed by atoms with Crippen molar-refractivity contribution in [3.63, 3.8) is 0 Å². The highest BCUT2D eigenvalue weighted by molar-refractivity contribution is 9.10. The SMILES string of the molecule is CS(=O)(=O)OCC#Cc1cncc(Br)c1.OCC#Cc1cncc(Br)c1. The minimum atomic E-state index is -3.41. The van der Waals surface area contributed by atoms with E-state index in [1.165, 1.54) is 0 Å². The minimum absolute atomic E-state index is 0.119. The van der Waals surface area contributed by atoms with Crippen molar-refractivity contribution in [2.24, 2.45) is 0 Å². The quantitative estimate of drug-likeness (QED) is 0.502. The first-order chi connectivity index (χ1) is 12.3. The summed E-state index contributed by atoms with van der Waals surface area (Å²) in [4.78, 5) is 7.81. The molecule has 0 aliphatic heterocycles. The van der Waals surface area contributed by atoms with Crippen molar-refractivity contribution >= 4 is 42.0 Å². The van der Waals surface area contributed by atoms with Gasteiger partial charge >= 0.3 is 0 Å². The highest BCUT2D eigenvalue weighted by Crippen LogP contribution is 2.08. The van der Waals surface area contributed by atoms with Gasteiger partial charge in [0.15, 0.2) is 0 Å². The topological polar surface area (TPSA) is 89.4 Å². The Bertz CT molecular complexity index is 958. The van der Waals surface area contributed by atoms with Crippen molar-refractivity contribution < 1.29 is 17.7 Å². The van der Waals surface area contributed by atoms with Crippen molar-refractivity contribution in [2.45, 2.75) is 0 Å². The fourth-order valence-electron chi connectivity index (χ4n) is 1.38. The second-order valence-electron chi connectivity index (χ2n) is 4.51. The van der Waals surface area contributed by atoms with E-state index >= 15 is 0 Å². The molecule has 2 heterocycles. The third-order valence-electron chi connectivity index (χ3n) is 2.30. The highest BCUT2D eigenvalue weighted by Gasteiger charge is 1.97. The lowest BCUT2D eigenvalue weighted by Gasteiger charge is -1.92. The van der Waals surface area contributed by atoms with Gasteiger partial charge < -0.3 is 5.11 Å². The van der Waals surface area contributed by atoms with E-state index < -0.39 is 10.1 Å². The lowest BCUT2D eigenvalue weighted by molar-refractivity contribution is 0.350. The number of pyridine rings is 2. The van der Waals surface area contributed by atoms with Crippen LogP contribution in [0.1, 0.15) is 11.1 Å². The molecule has 26 heavy (non-hydrogen) atoms. The van der Waals surface area contributed by atoms with Gasteiger partial charge in [0.2, 0.25) is 0 Å². The molecule has 0 bridgehead atoms. The summed E-state index contributed by atoms with van der Waals surface area (Å²) in [6.45, 7) is -0.266. The average molecular weight is 502 g/mol. The number of halogens is 2. The van der Waals surface area contributed by atoms with Crippen molar-refractivity contribution in [2.75, 3.05) is 19.5 Å². The Balaban J connectivity index is 0.000000273. The van der Waals surface area contributed by atoms with Gasteiger partial charge in [-0.25, -0.2) is 0 Å². The molecule has 0 aromatic carbocycles. The zero-order valence-corrected chi connectivity index (χ0v) is 17.6. The average Bonchev–Trinajstić information content (AvgIpc) is 2.57. The molecule has 2 aromatic heterocycles. The fraction of sp³-hybridized carbons (Fsp3) is 0.176. The van der Waals surface area contributed by atoms with Crippen molar-refractivity contribution in [1.29, 1.82) is 0 Å². The number of aromatic nitrogens is 2. The molecule has 0 atom stereocenters.